The van der Waals surface area contributed by atoms with Gasteiger partial charge in [-0.25, -0.2) is 0 Å². The molecule has 1 unspecified atom stereocenters. The van der Waals surface area contributed by atoms with Crippen LogP contribution >= 0.6 is 11.6 Å². The molecule has 0 fully saturated rings. The maximum absolute atomic E-state index is 11.5. The second kappa shape index (κ2) is 5.53. The first-order valence-corrected chi connectivity index (χ1v) is 5.38. The summed E-state index contributed by atoms with van der Waals surface area (Å²) in [5.41, 5.74) is 0.737. The number of nitrogens with zero attached hydrogens (tertiary/aromatic N) is 1. The number of benzene rings is 1. The van der Waals surface area contributed by atoms with E-state index in [1.807, 2.05) is 6.07 Å². The van der Waals surface area contributed by atoms with E-state index in [9.17, 15) is 4.79 Å². The van der Waals surface area contributed by atoms with Crippen LogP contribution in [0.5, 0.6) is 0 Å². The highest BCUT2D eigenvalue weighted by Crippen LogP contribution is 2.16. The van der Waals surface area contributed by atoms with Gasteiger partial charge in [-0.3, -0.25) is 4.79 Å². The quantitative estimate of drug-likeness (QED) is 0.877. The zero-order valence-corrected chi connectivity index (χ0v) is 9.95. The number of nitriles is 1. The number of rotatable bonds is 3. The molecule has 4 heteroatoms. The van der Waals surface area contributed by atoms with Gasteiger partial charge in [-0.1, -0.05) is 37.6 Å². The third kappa shape index (κ3) is 3.25. The summed E-state index contributed by atoms with van der Waals surface area (Å²) in [5.74, 6) is -0.273. The molecule has 0 heterocycles. The Morgan fingerprint density at radius 2 is 1.94 bits per heavy atom. The van der Waals surface area contributed by atoms with E-state index in [0.29, 0.717) is 5.02 Å². The van der Waals surface area contributed by atoms with Crippen LogP contribution in [-0.4, -0.2) is 5.91 Å². The van der Waals surface area contributed by atoms with E-state index in [4.69, 9.17) is 16.9 Å². The van der Waals surface area contributed by atoms with E-state index in [0.717, 1.165) is 5.56 Å². The lowest BCUT2D eigenvalue weighted by molar-refractivity contribution is -0.124. The standard InChI is InChI=1S/C12H13ClN2O/c1-8(2)12(16)15-11(7-14)9-3-5-10(13)6-4-9/h3-6,8,11H,1-2H3,(H,15,16). The van der Waals surface area contributed by atoms with Crippen molar-refractivity contribution in [3.05, 3.63) is 34.9 Å². The maximum Gasteiger partial charge on any atom is 0.223 e. The number of halogens is 1. The van der Waals surface area contributed by atoms with Crippen LogP contribution in [0.4, 0.5) is 0 Å². The maximum atomic E-state index is 11.5. The van der Waals surface area contributed by atoms with E-state index < -0.39 is 6.04 Å². The fourth-order valence-electron chi connectivity index (χ4n) is 1.15. The van der Waals surface area contributed by atoms with Crippen molar-refractivity contribution >= 4 is 17.5 Å². The van der Waals surface area contributed by atoms with E-state index in [2.05, 4.69) is 5.32 Å². The van der Waals surface area contributed by atoms with Crippen LogP contribution in [0.2, 0.25) is 5.02 Å². The van der Waals surface area contributed by atoms with E-state index >= 15 is 0 Å². The first kappa shape index (κ1) is 12.5. The zero-order valence-electron chi connectivity index (χ0n) is 9.20. The van der Waals surface area contributed by atoms with Crippen molar-refractivity contribution in [3.63, 3.8) is 0 Å². The fourth-order valence-corrected chi connectivity index (χ4v) is 1.28. The van der Waals surface area contributed by atoms with Crippen molar-refractivity contribution in [2.75, 3.05) is 0 Å². The van der Waals surface area contributed by atoms with Gasteiger partial charge in [0, 0.05) is 10.9 Å². The third-order valence-corrected chi connectivity index (χ3v) is 2.40. The summed E-state index contributed by atoms with van der Waals surface area (Å²) in [6.07, 6.45) is 0. The summed E-state index contributed by atoms with van der Waals surface area (Å²) < 4.78 is 0. The first-order chi connectivity index (χ1) is 7.54. The summed E-state index contributed by atoms with van der Waals surface area (Å²) in [5, 5.41) is 12.2. The summed E-state index contributed by atoms with van der Waals surface area (Å²) in [4.78, 5) is 11.5. The van der Waals surface area contributed by atoms with Gasteiger partial charge in [0.25, 0.3) is 0 Å². The number of carbonyl (C=O) groups is 1. The minimum atomic E-state index is -0.618. The predicted octanol–water partition coefficient (Wildman–Crippen LogP) is 2.68. The molecule has 0 aromatic heterocycles. The fraction of sp³-hybridized carbons (Fsp3) is 0.333. The SMILES string of the molecule is CC(C)C(=O)NC(C#N)c1ccc(Cl)cc1. The number of nitrogens with one attached hydrogen (secondary N) is 1. The normalized spacial score (nSPS) is 11.9. The molecule has 0 bridgehead atoms. The van der Waals surface area contributed by atoms with E-state index in [-0.39, 0.29) is 11.8 Å². The first-order valence-electron chi connectivity index (χ1n) is 5.00. The highest BCUT2D eigenvalue weighted by atomic mass is 35.5. The van der Waals surface area contributed by atoms with Crippen LogP contribution in [0.25, 0.3) is 0 Å². The molecule has 1 aromatic rings. The van der Waals surface area contributed by atoms with Gasteiger partial charge in [-0.05, 0) is 17.7 Å². The van der Waals surface area contributed by atoms with Crippen molar-refractivity contribution in [3.8, 4) is 6.07 Å². The van der Waals surface area contributed by atoms with Gasteiger partial charge >= 0.3 is 0 Å². The molecule has 0 aliphatic heterocycles. The minimum Gasteiger partial charge on any atom is -0.336 e. The van der Waals surface area contributed by atoms with Crippen molar-refractivity contribution in [1.29, 1.82) is 5.26 Å². The van der Waals surface area contributed by atoms with Gasteiger partial charge in [0.1, 0.15) is 6.04 Å². The molecule has 16 heavy (non-hydrogen) atoms. The molecule has 1 aromatic carbocycles. The van der Waals surface area contributed by atoms with Crippen molar-refractivity contribution < 1.29 is 4.79 Å². The smallest absolute Gasteiger partial charge is 0.223 e. The Bertz CT molecular complexity index is 406. The number of hydrogen-bond acceptors (Lipinski definition) is 2. The number of amides is 1. The molecule has 84 valence electrons. The molecule has 0 radical (unpaired) electrons. The van der Waals surface area contributed by atoms with Gasteiger partial charge in [0.05, 0.1) is 6.07 Å². The third-order valence-electron chi connectivity index (χ3n) is 2.14. The van der Waals surface area contributed by atoms with Crippen molar-refractivity contribution in [1.82, 2.24) is 5.32 Å². The zero-order chi connectivity index (χ0) is 12.1. The highest BCUT2D eigenvalue weighted by Gasteiger charge is 2.15. The lowest BCUT2D eigenvalue weighted by Crippen LogP contribution is -2.31. The molecule has 1 rings (SSSR count). The second-order valence-corrected chi connectivity index (χ2v) is 4.21. The lowest BCUT2D eigenvalue weighted by Gasteiger charge is -2.13. The number of carbonyl (C=O) groups excluding carboxylic acids is 1. The van der Waals surface area contributed by atoms with Crippen LogP contribution in [0.15, 0.2) is 24.3 Å². The topological polar surface area (TPSA) is 52.9 Å². The van der Waals surface area contributed by atoms with Crippen LogP contribution in [0, 0.1) is 17.2 Å². The van der Waals surface area contributed by atoms with Gasteiger partial charge in [0.2, 0.25) is 5.91 Å². The molecular weight excluding hydrogens is 224 g/mol. The van der Waals surface area contributed by atoms with Gasteiger partial charge < -0.3 is 5.32 Å². The van der Waals surface area contributed by atoms with Crippen molar-refractivity contribution in [2.24, 2.45) is 5.92 Å². The van der Waals surface area contributed by atoms with Crippen LogP contribution in [0.3, 0.4) is 0 Å². The molecule has 1 N–H and O–H groups in total. The van der Waals surface area contributed by atoms with Crippen LogP contribution in [-0.2, 0) is 4.79 Å². The molecule has 0 spiro atoms. The molecule has 1 amide bonds. The largest absolute Gasteiger partial charge is 0.336 e. The Balaban J connectivity index is 2.80. The Morgan fingerprint density at radius 3 is 2.38 bits per heavy atom. The van der Waals surface area contributed by atoms with E-state index in [1.54, 1.807) is 38.1 Å². The summed E-state index contributed by atoms with van der Waals surface area (Å²) in [7, 11) is 0. The average molecular weight is 237 g/mol. The lowest BCUT2D eigenvalue weighted by atomic mass is 10.1. The molecule has 3 nitrogen and oxygen atoms in total. The Labute approximate surface area is 100 Å². The monoisotopic (exact) mass is 236 g/mol. The van der Waals surface area contributed by atoms with Gasteiger partial charge in [-0.15, -0.1) is 0 Å². The highest BCUT2D eigenvalue weighted by molar-refractivity contribution is 6.30. The molecule has 0 aliphatic rings. The molecule has 0 aliphatic carbocycles. The molecule has 0 saturated heterocycles. The van der Waals surface area contributed by atoms with E-state index in [1.165, 1.54) is 0 Å². The number of hydrogen-bond donors (Lipinski definition) is 1. The summed E-state index contributed by atoms with van der Waals surface area (Å²) in [6.45, 7) is 3.57. The Hall–Kier alpha value is -1.53. The summed E-state index contributed by atoms with van der Waals surface area (Å²) >= 11 is 5.75. The molecular formula is C12H13ClN2O. The van der Waals surface area contributed by atoms with Gasteiger partial charge in [-0.2, -0.15) is 5.26 Å². The average Bonchev–Trinajstić information content (AvgIpc) is 2.26. The van der Waals surface area contributed by atoms with Gasteiger partial charge in [0.15, 0.2) is 0 Å². The van der Waals surface area contributed by atoms with Crippen LogP contribution < -0.4 is 5.32 Å². The predicted molar refractivity (Wildman–Crippen MR) is 62.8 cm³/mol. The molecule has 1 atom stereocenters. The van der Waals surface area contributed by atoms with Crippen molar-refractivity contribution in [2.45, 2.75) is 19.9 Å². The minimum absolute atomic E-state index is 0.136. The Morgan fingerprint density at radius 1 is 1.38 bits per heavy atom. The Kier molecular flexibility index (Phi) is 4.33. The molecule has 0 saturated carbocycles. The second-order valence-electron chi connectivity index (χ2n) is 3.78. The van der Waals surface area contributed by atoms with Crippen LogP contribution in [0.1, 0.15) is 25.5 Å². The summed E-state index contributed by atoms with van der Waals surface area (Å²) in [6, 6.07) is 8.29.